The van der Waals surface area contributed by atoms with E-state index in [4.69, 9.17) is 10.5 Å². The summed E-state index contributed by atoms with van der Waals surface area (Å²) in [4.78, 5) is 12.2. The second-order valence-electron chi connectivity index (χ2n) is 4.23. The summed E-state index contributed by atoms with van der Waals surface area (Å²) < 4.78 is 29.8. The predicted octanol–water partition coefficient (Wildman–Crippen LogP) is 1.45. The van der Waals surface area contributed by atoms with Crippen LogP contribution in [0.2, 0.25) is 0 Å². The lowest BCUT2D eigenvalue weighted by atomic mass is 10.2. The van der Waals surface area contributed by atoms with E-state index in [0.29, 0.717) is 0 Å². The van der Waals surface area contributed by atoms with Crippen molar-refractivity contribution in [3.63, 3.8) is 0 Å². The molecular formula is C9H18F2N2O2. The van der Waals surface area contributed by atoms with Crippen molar-refractivity contribution in [3.05, 3.63) is 0 Å². The number of rotatable bonds is 3. The Morgan fingerprint density at radius 2 is 1.93 bits per heavy atom. The number of nitrogens with two attached hydrogens (primary N) is 1. The first-order valence-corrected chi connectivity index (χ1v) is 4.63. The first kappa shape index (κ1) is 14.1. The van der Waals surface area contributed by atoms with Gasteiger partial charge in [0.25, 0.3) is 6.43 Å². The number of amides is 1. The van der Waals surface area contributed by atoms with E-state index in [-0.39, 0.29) is 6.54 Å². The highest BCUT2D eigenvalue weighted by molar-refractivity contribution is 5.68. The molecule has 0 fully saturated rings. The number of ether oxygens (including phenoxy) is 1. The Hall–Kier alpha value is -0.910. The molecule has 1 atom stereocenters. The van der Waals surface area contributed by atoms with Gasteiger partial charge >= 0.3 is 6.09 Å². The number of carbonyl (C=O) groups is 1. The van der Waals surface area contributed by atoms with Gasteiger partial charge in [-0.15, -0.1) is 0 Å². The molecule has 1 unspecified atom stereocenters. The van der Waals surface area contributed by atoms with Crippen LogP contribution in [-0.4, -0.2) is 42.7 Å². The molecule has 6 heteroatoms. The molecule has 0 radical (unpaired) electrons. The normalized spacial score (nSPS) is 13.9. The Kier molecular flexibility index (Phi) is 4.93. The van der Waals surface area contributed by atoms with Crippen LogP contribution in [0.3, 0.4) is 0 Å². The number of nitrogens with zero attached hydrogens (tertiary/aromatic N) is 1. The fourth-order valence-corrected chi connectivity index (χ4v) is 0.899. The van der Waals surface area contributed by atoms with Gasteiger partial charge in [0.15, 0.2) is 0 Å². The highest BCUT2D eigenvalue weighted by Crippen LogP contribution is 2.13. The minimum absolute atomic E-state index is 0.298. The molecule has 0 heterocycles. The summed E-state index contributed by atoms with van der Waals surface area (Å²) in [5.74, 6) is 0. The minimum Gasteiger partial charge on any atom is -0.444 e. The quantitative estimate of drug-likeness (QED) is 0.789. The van der Waals surface area contributed by atoms with E-state index >= 15 is 0 Å². The lowest BCUT2D eigenvalue weighted by molar-refractivity contribution is -0.00434. The van der Waals surface area contributed by atoms with Crippen molar-refractivity contribution in [2.75, 3.05) is 13.6 Å². The Bertz CT molecular complexity index is 217. The van der Waals surface area contributed by atoms with Crippen molar-refractivity contribution in [1.29, 1.82) is 0 Å². The lowest BCUT2D eigenvalue weighted by Crippen LogP contribution is -2.48. The standard InChI is InChI=1S/C9H18F2N2O2/c1-9(2,3)15-8(14)13(4)6(5-12)7(10)11/h6-7H,5,12H2,1-4H3. The molecule has 0 aliphatic rings. The van der Waals surface area contributed by atoms with Crippen LogP contribution in [-0.2, 0) is 4.74 Å². The molecule has 0 spiro atoms. The monoisotopic (exact) mass is 224 g/mol. The molecule has 0 saturated heterocycles. The molecule has 90 valence electrons. The van der Waals surface area contributed by atoms with Gasteiger partial charge in [-0.2, -0.15) is 0 Å². The largest absolute Gasteiger partial charge is 0.444 e. The van der Waals surface area contributed by atoms with Gasteiger partial charge in [0.05, 0.1) is 0 Å². The Morgan fingerprint density at radius 1 is 1.47 bits per heavy atom. The van der Waals surface area contributed by atoms with Crippen LogP contribution >= 0.6 is 0 Å². The van der Waals surface area contributed by atoms with Crippen LogP contribution in [0, 0.1) is 0 Å². The summed E-state index contributed by atoms with van der Waals surface area (Å²) in [6, 6.07) is -1.31. The smallest absolute Gasteiger partial charge is 0.410 e. The minimum atomic E-state index is -2.67. The van der Waals surface area contributed by atoms with Crippen molar-refractivity contribution in [3.8, 4) is 0 Å². The third kappa shape index (κ3) is 4.92. The van der Waals surface area contributed by atoms with E-state index in [2.05, 4.69) is 0 Å². The third-order valence-corrected chi connectivity index (χ3v) is 1.71. The summed E-state index contributed by atoms with van der Waals surface area (Å²) in [6.07, 6.45) is -3.47. The zero-order valence-electron chi connectivity index (χ0n) is 9.46. The van der Waals surface area contributed by atoms with Crippen LogP contribution in [0.5, 0.6) is 0 Å². The number of carbonyl (C=O) groups excluding carboxylic acids is 1. The maximum atomic E-state index is 12.4. The molecule has 2 N–H and O–H groups in total. The molecule has 1 amide bonds. The van der Waals surface area contributed by atoms with Gasteiger partial charge in [-0.3, -0.25) is 0 Å². The van der Waals surface area contributed by atoms with E-state index in [1.807, 2.05) is 0 Å². The SMILES string of the molecule is CN(C(=O)OC(C)(C)C)C(CN)C(F)F. The number of halogens is 2. The highest BCUT2D eigenvalue weighted by atomic mass is 19.3. The molecule has 0 bridgehead atoms. The molecule has 0 aromatic heterocycles. The molecule has 0 aliphatic heterocycles. The average molecular weight is 224 g/mol. The summed E-state index contributed by atoms with van der Waals surface area (Å²) in [7, 11) is 1.25. The van der Waals surface area contributed by atoms with Gasteiger partial charge < -0.3 is 15.4 Å². The summed E-state index contributed by atoms with van der Waals surface area (Å²) >= 11 is 0. The van der Waals surface area contributed by atoms with Gasteiger partial charge in [0, 0.05) is 13.6 Å². The van der Waals surface area contributed by atoms with Crippen molar-refractivity contribution in [2.24, 2.45) is 5.73 Å². The van der Waals surface area contributed by atoms with Gasteiger partial charge in [-0.05, 0) is 20.8 Å². The van der Waals surface area contributed by atoms with Crippen LogP contribution in [0.4, 0.5) is 13.6 Å². The van der Waals surface area contributed by atoms with Crippen LogP contribution in [0.25, 0.3) is 0 Å². The van der Waals surface area contributed by atoms with E-state index in [1.54, 1.807) is 20.8 Å². The number of likely N-dealkylation sites (N-methyl/N-ethyl adjacent to an activating group) is 1. The van der Waals surface area contributed by atoms with Crippen molar-refractivity contribution in [2.45, 2.75) is 38.8 Å². The first-order valence-electron chi connectivity index (χ1n) is 4.63. The van der Waals surface area contributed by atoms with Crippen LogP contribution in [0.1, 0.15) is 20.8 Å². The Balaban J connectivity index is 4.42. The second-order valence-corrected chi connectivity index (χ2v) is 4.23. The molecule has 0 rings (SSSR count). The number of hydrogen-bond acceptors (Lipinski definition) is 3. The van der Waals surface area contributed by atoms with Gasteiger partial charge in [-0.25, -0.2) is 13.6 Å². The summed E-state index contributed by atoms with van der Waals surface area (Å²) in [5, 5.41) is 0. The fourth-order valence-electron chi connectivity index (χ4n) is 0.899. The second kappa shape index (κ2) is 5.25. The van der Waals surface area contributed by atoms with Crippen molar-refractivity contribution >= 4 is 6.09 Å². The zero-order valence-corrected chi connectivity index (χ0v) is 9.46. The van der Waals surface area contributed by atoms with Crippen molar-refractivity contribution < 1.29 is 18.3 Å². The van der Waals surface area contributed by atoms with Gasteiger partial charge in [0.1, 0.15) is 11.6 Å². The Labute approximate surface area is 88.4 Å². The van der Waals surface area contributed by atoms with E-state index < -0.39 is 24.2 Å². The number of hydrogen-bond donors (Lipinski definition) is 1. The highest BCUT2D eigenvalue weighted by Gasteiger charge is 2.30. The molecule has 0 aromatic carbocycles. The molecule has 4 nitrogen and oxygen atoms in total. The molecule has 0 aromatic rings. The summed E-state index contributed by atoms with van der Waals surface area (Å²) in [6.45, 7) is 4.70. The fraction of sp³-hybridized carbons (Fsp3) is 0.889. The van der Waals surface area contributed by atoms with Crippen LogP contribution < -0.4 is 5.73 Å². The lowest BCUT2D eigenvalue weighted by Gasteiger charge is -2.29. The van der Waals surface area contributed by atoms with Crippen LogP contribution in [0.15, 0.2) is 0 Å². The van der Waals surface area contributed by atoms with Gasteiger partial charge in [-0.1, -0.05) is 0 Å². The van der Waals surface area contributed by atoms with Crippen molar-refractivity contribution in [1.82, 2.24) is 4.90 Å². The first-order chi connectivity index (χ1) is 6.69. The maximum Gasteiger partial charge on any atom is 0.410 e. The third-order valence-electron chi connectivity index (χ3n) is 1.71. The number of alkyl halides is 2. The van der Waals surface area contributed by atoms with E-state index in [9.17, 15) is 13.6 Å². The van der Waals surface area contributed by atoms with Gasteiger partial charge in [0.2, 0.25) is 0 Å². The molecule has 0 saturated carbocycles. The van der Waals surface area contributed by atoms with E-state index in [0.717, 1.165) is 4.90 Å². The zero-order chi connectivity index (χ0) is 12.2. The topological polar surface area (TPSA) is 55.6 Å². The molecule has 15 heavy (non-hydrogen) atoms. The molecule has 0 aliphatic carbocycles. The average Bonchev–Trinajstić information content (AvgIpc) is 2.01. The predicted molar refractivity (Wildman–Crippen MR) is 52.8 cm³/mol. The maximum absolute atomic E-state index is 12.4. The van der Waals surface area contributed by atoms with E-state index in [1.165, 1.54) is 7.05 Å². The molecular weight excluding hydrogens is 206 g/mol. The summed E-state index contributed by atoms with van der Waals surface area (Å²) in [5.41, 5.74) is 4.44. The Morgan fingerprint density at radius 3 is 2.20 bits per heavy atom.